The number of unbranched alkanes of at least 4 members (excludes halogenated alkanes) is 1. The van der Waals surface area contributed by atoms with Gasteiger partial charge in [-0.3, -0.25) is 0 Å². The van der Waals surface area contributed by atoms with E-state index in [4.69, 9.17) is 0 Å². The first kappa shape index (κ1) is 15.6. The van der Waals surface area contributed by atoms with E-state index in [0.29, 0.717) is 17.9 Å². The average Bonchev–Trinajstić information content (AvgIpc) is 3.08. The number of fused-ring (bicyclic) bond motifs is 1. The highest BCUT2D eigenvalue weighted by molar-refractivity contribution is 7.08. The van der Waals surface area contributed by atoms with Gasteiger partial charge >= 0.3 is 0 Å². The van der Waals surface area contributed by atoms with Gasteiger partial charge in [-0.05, 0) is 64.3 Å². The maximum Gasteiger partial charge on any atom is 0.0556 e. The molecule has 22 heavy (non-hydrogen) atoms. The Bertz CT molecular complexity index is 602. The Labute approximate surface area is 138 Å². The molecule has 0 bridgehead atoms. The Morgan fingerprint density at radius 3 is 2.73 bits per heavy atom. The van der Waals surface area contributed by atoms with Crippen LogP contribution in [-0.2, 0) is 6.42 Å². The van der Waals surface area contributed by atoms with Crippen molar-refractivity contribution in [2.24, 2.45) is 5.92 Å². The molecule has 1 N–H and O–H groups in total. The minimum atomic E-state index is 0.466. The first-order valence-corrected chi connectivity index (χ1v) is 9.60. The second-order valence-corrected chi connectivity index (χ2v) is 7.33. The highest BCUT2D eigenvalue weighted by atomic mass is 32.1. The summed E-state index contributed by atoms with van der Waals surface area (Å²) < 4.78 is 0. The van der Waals surface area contributed by atoms with Gasteiger partial charge in [-0.25, -0.2) is 0 Å². The summed E-state index contributed by atoms with van der Waals surface area (Å²) in [6.45, 7) is 6.97. The largest absolute Gasteiger partial charge is 0.378 e. The van der Waals surface area contributed by atoms with Crippen LogP contribution in [0.1, 0.15) is 68.7 Å². The summed E-state index contributed by atoms with van der Waals surface area (Å²) in [4.78, 5) is 0. The summed E-state index contributed by atoms with van der Waals surface area (Å²) in [5.41, 5.74) is 5.78. The second-order valence-electron chi connectivity index (χ2n) is 6.55. The maximum atomic E-state index is 3.85. The molecule has 0 amide bonds. The molecule has 0 spiro atoms. The molecular weight excluding hydrogens is 286 g/mol. The number of benzene rings is 1. The van der Waals surface area contributed by atoms with Crippen molar-refractivity contribution in [2.75, 3.05) is 5.32 Å². The Balaban J connectivity index is 1.97. The van der Waals surface area contributed by atoms with E-state index in [1.165, 1.54) is 41.6 Å². The lowest BCUT2D eigenvalue weighted by Gasteiger charge is -2.39. The fourth-order valence-corrected chi connectivity index (χ4v) is 4.47. The van der Waals surface area contributed by atoms with E-state index in [9.17, 15) is 0 Å². The zero-order valence-corrected chi connectivity index (χ0v) is 14.7. The molecule has 0 saturated carbocycles. The predicted octanol–water partition coefficient (Wildman–Crippen LogP) is 6.39. The molecule has 2 heterocycles. The molecule has 0 fully saturated rings. The second kappa shape index (κ2) is 6.87. The Hall–Kier alpha value is -1.28. The van der Waals surface area contributed by atoms with E-state index in [1.807, 2.05) is 11.3 Å². The predicted molar refractivity (Wildman–Crippen MR) is 97.9 cm³/mol. The van der Waals surface area contributed by atoms with E-state index in [2.05, 4.69) is 61.1 Å². The van der Waals surface area contributed by atoms with Gasteiger partial charge in [-0.2, -0.15) is 11.3 Å². The fraction of sp³-hybridized carbons (Fsp3) is 0.500. The number of nitrogens with one attached hydrogen (secondary N) is 1. The molecule has 0 unspecified atom stereocenters. The Kier molecular flexibility index (Phi) is 4.87. The monoisotopic (exact) mass is 313 g/mol. The Morgan fingerprint density at radius 1 is 1.18 bits per heavy atom. The van der Waals surface area contributed by atoms with Crippen LogP contribution < -0.4 is 5.32 Å². The number of hydrogen-bond acceptors (Lipinski definition) is 2. The number of aryl methyl sites for hydroxylation is 1. The molecule has 118 valence electrons. The van der Waals surface area contributed by atoms with Gasteiger partial charge in [0.05, 0.1) is 6.04 Å². The summed E-state index contributed by atoms with van der Waals surface area (Å²) in [6.07, 6.45) is 5.02. The molecule has 2 heteroatoms. The van der Waals surface area contributed by atoms with E-state index in [1.54, 1.807) is 0 Å². The summed E-state index contributed by atoms with van der Waals surface area (Å²) in [5.74, 6) is 1.31. The Morgan fingerprint density at radius 2 is 2.05 bits per heavy atom. The minimum absolute atomic E-state index is 0.466. The first-order valence-electron chi connectivity index (χ1n) is 8.66. The highest BCUT2D eigenvalue weighted by Crippen LogP contribution is 2.47. The van der Waals surface area contributed by atoms with Crippen molar-refractivity contribution in [1.82, 2.24) is 0 Å². The minimum Gasteiger partial charge on any atom is -0.378 e. The zero-order valence-electron chi connectivity index (χ0n) is 13.9. The summed E-state index contributed by atoms with van der Waals surface area (Å²) in [7, 11) is 0. The summed E-state index contributed by atoms with van der Waals surface area (Å²) in [5, 5.41) is 8.36. The van der Waals surface area contributed by atoms with Crippen LogP contribution in [0.15, 0.2) is 35.0 Å². The van der Waals surface area contributed by atoms with Crippen molar-refractivity contribution in [2.45, 2.75) is 58.4 Å². The molecule has 2 aromatic rings. The van der Waals surface area contributed by atoms with E-state index < -0.39 is 0 Å². The maximum absolute atomic E-state index is 3.85. The van der Waals surface area contributed by atoms with Crippen LogP contribution in [0.3, 0.4) is 0 Å². The van der Waals surface area contributed by atoms with Crippen molar-refractivity contribution in [3.8, 4) is 0 Å². The number of hydrogen-bond donors (Lipinski definition) is 1. The van der Waals surface area contributed by atoms with Gasteiger partial charge in [0.15, 0.2) is 0 Å². The molecular formula is C20H27NS. The summed E-state index contributed by atoms with van der Waals surface area (Å²) >= 11 is 1.81. The molecule has 3 rings (SSSR count). The lowest BCUT2D eigenvalue weighted by molar-refractivity contribution is 0.342. The molecule has 1 aromatic carbocycles. The van der Waals surface area contributed by atoms with Crippen molar-refractivity contribution in [1.29, 1.82) is 0 Å². The van der Waals surface area contributed by atoms with Crippen molar-refractivity contribution >= 4 is 17.0 Å². The normalized spacial score (nSPS) is 23.9. The molecule has 0 aliphatic carbocycles. The van der Waals surface area contributed by atoms with Crippen LogP contribution in [0.5, 0.6) is 0 Å². The van der Waals surface area contributed by atoms with E-state index in [-0.39, 0.29) is 0 Å². The van der Waals surface area contributed by atoms with Crippen LogP contribution in [-0.4, -0.2) is 0 Å². The third-order valence-corrected chi connectivity index (χ3v) is 5.89. The van der Waals surface area contributed by atoms with Crippen molar-refractivity contribution in [3.05, 3.63) is 51.7 Å². The fourth-order valence-electron chi connectivity index (χ4n) is 3.77. The van der Waals surface area contributed by atoms with E-state index in [0.717, 1.165) is 6.42 Å². The standard InChI is InChI=1S/C20H27NS/c1-4-6-7-17-14(3)18-12-15(5-2)8-9-19(18)21-20(17)16-10-11-22-13-16/h8-14,17,20-21H,4-7H2,1-3H3/t14-,17+,20-/m0/s1. The quantitative estimate of drug-likeness (QED) is 0.674. The zero-order chi connectivity index (χ0) is 15.5. The topological polar surface area (TPSA) is 12.0 Å². The SMILES string of the molecule is CCCC[C@@H]1[C@H](C)c2cc(CC)ccc2N[C@H]1c1ccsc1. The molecule has 1 nitrogen and oxygen atoms in total. The third kappa shape index (κ3) is 2.94. The van der Waals surface area contributed by atoms with Crippen LogP contribution in [0.25, 0.3) is 0 Å². The molecule has 3 atom stereocenters. The van der Waals surface area contributed by atoms with Gasteiger partial charge in [0, 0.05) is 5.69 Å². The van der Waals surface area contributed by atoms with Crippen LogP contribution in [0.2, 0.25) is 0 Å². The van der Waals surface area contributed by atoms with E-state index >= 15 is 0 Å². The lowest BCUT2D eigenvalue weighted by Crippen LogP contribution is -2.30. The molecule has 0 saturated heterocycles. The van der Waals surface area contributed by atoms with Crippen LogP contribution in [0.4, 0.5) is 5.69 Å². The third-order valence-electron chi connectivity index (χ3n) is 5.19. The van der Waals surface area contributed by atoms with Gasteiger partial charge in [-0.1, -0.05) is 45.7 Å². The lowest BCUT2D eigenvalue weighted by atomic mass is 9.74. The number of anilines is 1. The van der Waals surface area contributed by atoms with Gasteiger partial charge in [0.25, 0.3) is 0 Å². The van der Waals surface area contributed by atoms with Crippen molar-refractivity contribution < 1.29 is 0 Å². The van der Waals surface area contributed by atoms with Gasteiger partial charge in [0.1, 0.15) is 0 Å². The van der Waals surface area contributed by atoms with Crippen molar-refractivity contribution in [3.63, 3.8) is 0 Å². The average molecular weight is 314 g/mol. The van der Waals surface area contributed by atoms with Crippen LogP contribution >= 0.6 is 11.3 Å². The number of thiophene rings is 1. The highest BCUT2D eigenvalue weighted by Gasteiger charge is 2.34. The van der Waals surface area contributed by atoms with Crippen LogP contribution in [0, 0.1) is 5.92 Å². The molecule has 1 aliphatic heterocycles. The van der Waals surface area contributed by atoms with Gasteiger partial charge in [0.2, 0.25) is 0 Å². The number of rotatable bonds is 5. The smallest absolute Gasteiger partial charge is 0.0556 e. The van der Waals surface area contributed by atoms with Gasteiger partial charge < -0.3 is 5.32 Å². The summed E-state index contributed by atoms with van der Waals surface area (Å²) in [6, 6.07) is 9.75. The molecule has 1 aliphatic rings. The van der Waals surface area contributed by atoms with Gasteiger partial charge in [-0.15, -0.1) is 0 Å². The molecule has 1 aromatic heterocycles. The molecule has 0 radical (unpaired) electrons. The first-order chi connectivity index (χ1) is 10.7.